The van der Waals surface area contributed by atoms with Gasteiger partial charge < -0.3 is 9.32 Å². The van der Waals surface area contributed by atoms with Crippen molar-refractivity contribution in [2.24, 2.45) is 0 Å². The Morgan fingerprint density at radius 1 is 1.25 bits per heavy atom. The summed E-state index contributed by atoms with van der Waals surface area (Å²) >= 11 is 8.44. The Hall–Kier alpha value is -0.710. The van der Waals surface area contributed by atoms with E-state index in [-0.39, 0.29) is 5.41 Å². The molecule has 0 saturated carbocycles. The van der Waals surface area contributed by atoms with E-state index in [0.29, 0.717) is 5.25 Å². The molecule has 2 unspecified atom stereocenters. The van der Waals surface area contributed by atoms with Gasteiger partial charge in [0.05, 0.1) is 9.92 Å². The number of thioether (sulfide) groups is 1. The number of halogens is 1. The number of rotatable bonds is 2. The van der Waals surface area contributed by atoms with Gasteiger partial charge in [0.2, 0.25) is 5.89 Å². The van der Waals surface area contributed by atoms with Gasteiger partial charge in [0, 0.05) is 16.7 Å². The molecule has 2 atom stereocenters. The zero-order valence-corrected chi connectivity index (χ0v) is 16.2. The molecule has 2 aromatic rings. The van der Waals surface area contributed by atoms with Gasteiger partial charge >= 0.3 is 0 Å². The molecule has 5 heteroatoms. The van der Waals surface area contributed by atoms with Crippen molar-refractivity contribution in [3.63, 3.8) is 0 Å². The van der Waals surface area contributed by atoms with Gasteiger partial charge in [0.1, 0.15) is 5.52 Å². The van der Waals surface area contributed by atoms with E-state index < -0.39 is 0 Å². The molecule has 0 bridgehead atoms. The molecule has 2 fully saturated rings. The highest BCUT2D eigenvalue weighted by atomic mass is 35.5. The first kappa shape index (κ1) is 16.7. The lowest BCUT2D eigenvalue weighted by Gasteiger charge is -2.34. The van der Waals surface area contributed by atoms with Crippen molar-refractivity contribution in [2.45, 2.75) is 68.1 Å². The van der Waals surface area contributed by atoms with Crippen LogP contribution in [0.2, 0.25) is 5.02 Å². The van der Waals surface area contributed by atoms with Crippen molar-refractivity contribution in [3.05, 3.63) is 23.0 Å². The van der Waals surface area contributed by atoms with E-state index in [1.54, 1.807) is 0 Å². The molecule has 0 N–H and O–H groups in total. The molecule has 0 aliphatic carbocycles. The Kier molecular flexibility index (Phi) is 4.34. The molecule has 4 rings (SSSR count). The summed E-state index contributed by atoms with van der Waals surface area (Å²) in [5.41, 5.74) is 1.69. The first-order valence-electron chi connectivity index (χ1n) is 8.92. The zero-order valence-electron chi connectivity index (χ0n) is 14.6. The fourth-order valence-corrected chi connectivity index (χ4v) is 5.43. The maximum Gasteiger partial charge on any atom is 0.200 e. The highest BCUT2D eigenvalue weighted by Gasteiger charge is 2.33. The summed E-state index contributed by atoms with van der Waals surface area (Å²) in [5.74, 6) is 0.784. The summed E-state index contributed by atoms with van der Waals surface area (Å²) in [6.07, 6.45) is 5.20. The lowest BCUT2D eigenvalue weighted by Crippen LogP contribution is -2.38. The van der Waals surface area contributed by atoms with Crippen LogP contribution >= 0.6 is 23.4 Å². The monoisotopic (exact) mass is 364 g/mol. The van der Waals surface area contributed by atoms with E-state index in [2.05, 4.69) is 30.7 Å². The van der Waals surface area contributed by atoms with Gasteiger partial charge in [-0.2, -0.15) is 0 Å². The molecule has 130 valence electrons. The average Bonchev–Trinajstić information content (AvgIpc) is 3.15. The number of piperidine rings is 1. The number of hydrogen-bond donors (Lipinski definition) is 0. The molecule has 1 aromatic carbocycles. The van der Waals surface area contributed by atoms with Gasteiger partial charge in [-0.15, -0.1) is 11.8 Å². The van der Waals surface area contributed by atoms with Gasteiger partial charge in [-0.1, -0.05) is 32.4 Å². The van der Waals surface area contributed by atoms with Crippen LogP contribution in [0.25, 0.3) is 11.1 Å². The second-order valence-electron chi connectivity index (χ2n) is 8.09. The van der Waals surface area contributed by atoms with Crippen molar-refractivity contribution < 1.29 is 4.42 Å². The van der Waals surface area contributed by atoms with Crippen LogP contribution in [0.15, 0.2) is 21.4 Å². The number of hydrogen-bond acceptors (Lipinski definition) is 4. The molecule has 3 heterocycles. The maximum atomic E-state index is 6.54. The highest BCUT2D eigenvalue weighted by Crippen LogP contribution is 2.43. The van der Waals surface area contributed by atoms with Crippen molar-refractivity contribution in [1.29, 1.82) is 0 Å². The fraction of sp³-hybridized carbons (Fsp3) is 0.632. The van der Waals surface area contributed by atoms with E-state index >= 15 is 0 Å². The van der Waals surface area contributed by atoms with E-state index in [0.717, 1.165) is 33.0 Å². The third-order valence-corrected chi connectivity index (χ3v) is 6.99. The molecule has 2 saturated heterocycles. The molecule has 1 aromatic heterocycles. The lowest BCUT2D eigenvalue weighted by atomic mass is 9.97. The first-order chi connectivity index (χ1) is 11.4. The topological polar surface area (TPSA) is 29.3 Å². The van der Waals surface area contributed by atoms with Gasteiger partial charge in [-0.05, 0) is 50.9 Å². The van der Waals surface area contributed by atoms with Crippen LogP contribution in [0.5, 0.6) is 0 Å². The first-order valence-corrected chi connectivity index (χ1v) is 10.2. The number of fused-ring (bicyclic) bond motifs is 2. The molecular weight excluding hydrogens is 340 g/mol. The predicted octanol–water partition coefficient (Wildman–Crippen LogP) is 5.50. The molecule has 3 nitrogen and oxygen atoms in total. The third-order valence-electron chi connectivity index (χ3n) is 5.16. The zero-order chi connectivity index (χ0) is 16.9. The Morgan fingerprint density at radius 2 is 2.08 bits per heavy atom. The predicted molar refractivity (Wildman–Crippen MR) is 101 cm³/mol. The average molecular weight is 365 g/mol. The smallest absolute Gasteiger partial charge is 0.200 e. The molecule has 24 heavy (non-hydrogen) atoms. The summed E-state index contributed by atoms with van der Waals surface area (Å²) in [7, 11) is 0. The standard InChI is InChI=1S/C19H25ClN2OS/c1-19(2,3)18-21-15-7-6-14(20)17(16(15)23-18)24-13-8-10-22-9-4-5-12(22)11-13/h6-7,12-13H,4-5,8-11H2,1-3H3. The number of benzene rings is 1. The lowest BCUT2D eigenvalue weighted by molar-refractivity contribution is 0.202. The Balaban J connectivity index is 1.63. The van der Waals surface area contributed by atoms with Crippen molar-refractivity contribution in [1.82, 2.24) is 9.88 Å². The SMILES string of the molecule is CC(C)(C)c1nc2ccc(Cl)c(SC3CCN4CCCC4C3)c2o1. The quantitative estimate of drug-likeness (QED) is 0.703. The van der Waals surface area contributed by atoms with E-state index in [1.807, 2.05) is 23.9 Å². The van der Waals surface area contributed by atoms with E-state index in [1.165, 1.54) is 38.8 Å². The minimum Gasteiger partial charge on any atom is -0.439 e. The number of aromatic nitrogens is 1. The Labute approximate surface area is 153 Å². The summed E-state index contributed by atoms with van der Waals surface area (Å²) in [4.78, 5) is 8.42. The van der Waals surface area contributed by atoms with Gasteiger partial charge in [-0.3, -0.25) is 0 Å². The van der Waals surface area contributed by atoms with Crippen molar-refractivity contribution >= 4 is 34.5 Å². The van der Waals surface area contributed by atoms with Crippen LogP contribution in [0, 0.1) is 0 Å². The van der Waals surface area contributed by atoms with Gasteiger partial charge in [0.25, 0.3) is 0 Å². The number of nitrogens with zero attached hydrogens (tertiary/aromatic N) is 2. The van der Waals surface area contributed by atoms with Gasteiger partial charge in [0.15, 0.2) is 5.58 Å². The van der Waals surface area contributed by atoms with E-state index in [4.69, 9.17) is 16.0 Å². The van der Waals surface area contributed by atoms with Crippen molar-refractivity contribution in [2.75, 3.05) is 13.1 Å². The maximum absolute atomic E-state index is 6.54. The molecule has 0 radical (unpaired) electrons. The fourth-order valence-electron chi connectivity index (χ4n) is 3.84. The van der Waals surface area contributed by atoms with Gasteiger partial charge in [-0.25, -0.2) is 4.98 Å². The van der Waals surface area contributed by atoms with Crippen LogP contribution in [0.1, 0.15) is 52.3 Å². The second-order valence-corrected chi connectivity index (χ2v) is 9.81. The van der Waals surface area contributed by atoms with Crippen LogP contribution in [-0.2, 0) is 5.41 Å². The summed E-state index contributed by atoms with van der Waals surface area (Å²) < 4.78 is 6.15. The van der Waals surface area contributed by atoms with Crippen LogP contribution in [0.3, 0.4) is 0 Å². The molecule has 0 amide bonds. The molecule has 0 spiro atoms. The summed E-state index contributed by atoms with van der Waals surface area (Å²) in [6, 6.07) is 4.71. The summed E-state index contributed by atoms with van der Waals surface area (Å²) in [5, 5.41) is 1.41. The van der Waals surface area contributed by atoms with E-state index in [9.17, 15) is 0 Å². The molecule has 2 aliphatic rings. The third kappa shape index (κ3) is 3.09. The van der Waals surface area contributed by atoms with Crippen LogP contribution in [-0.4, -0.2) is 34.3 Å². The molecular formula is C19H25ClN2OS. The molecule has 2 aliphatic heterocycles. The second kappa shape index (κ2) is 6.22. The summed E-state index contributed by atoms with van der Waals surface area (Å²) in [6.45, 7) is 8.89. The Morgan fingerprint density at radius 3 is 2.88 bits per heavy atom. The van der Waals surface area contributed by atoms with Crippen LogP contribution in [0.4, 0.5) is 0 Å². The minimum atomic E-state index is -0.0946. The minimum absolute atomic E-state index is 0.0946. The number of oxazole rings is 1. The largest absolute Gasteiger partial charge is 0.439 e. The van der Waals surface area contributed by atoms with Crippen molar-refractivity contribution in [3.8, 4) is 0 Å². The van der Waals surface area contributed by atoms with Crippen LogP contribution < -0.4 is 0 Å². The highest BCUT2D eigenvalue weighted by molar-refractivity contribution is 8.00. The normalized spacial score (nSPS) is 25.3. The Bertz CT molecular complexity index is 752.